The zero-order chi connectivity index (χ0) is 37.2. The molecule has 4 saturated carbocycles. The summed E-state index contributed by atoms with van der Waals surface area (Å²) in [6.07, 6.45) is 24.2. The molecule has 0 atom stereocenters. The van der Waals surface area contributed by atoms with Crippen molar-refractivity contribution >= 4 is 27.5 Å². The number of benzene rings is 3. The predicted molar refractivity (Wildman–Crippen MR) is 223 cm³/mol. The minimum Gasteiger partial charge on any atom is -0.512 e. The van der Waals surface area contributed by atoms with Crippen molar-refractivity contribution in [3.8, 4) is 11.3 Å². The Morgan fingerprint density at radius 1 is 0.796 bits per heavy atom. The van der Waals surface area contributed by atoms with E-state index in [1.165, 1.54) is 128 Å². The van der Waals surface area contributed by atoms with Gasteiger partial charge in [0.2, 0.25) is 0 Å². The molecule has 4 heteroatoms. The van der Waals surface area contributed by atoms with Crippen molar-refractivity contribution in [2.75, 3.05) is 0 Å². The van der Waals surface area contributed by atoms with Gasteiger partial charge in [0.1, 0.15) is 0 Å². The van der Waals surface area contributed by atoms with E-state index in [9.17, 15) is 9.90 Å². The summed E-state index contributed by atoms with van der Waals surface area (Å²) < 4.78 is 0. The third-order valence-electron chi connectivity index (χ3n) is 13.6. The molecule has 4 fully saturated rings. The number of ketones is 1. The van der Waals surface area contributed by atoms with Crippen LogP contribution in [0, 0.1) is 37.2 Å². The van der Waals surface area contributed by atoms with E-state index in [-0.39, 0.29) is 43.1 Å². The number of hydrogen-bond donors (Lipinski definition) is 1. The first-order chi connectivity index (χ1) is 25.5. The molecule has 1 N–H and O–H groups in total. The van der Waals surface area contributed by atoms with Gasteiger partial charge in [-0.05, 0) is 118 Å². The third kappa shape index (κ3) is 9.24. The van der Waals surface area contributed by atoms with Gasteiger partial charge in [0.05, 0.1) is 11.3 Å². The number of aliphatic hydroxyl groups excluding tert-OH is 1. The summed E-state index contributed by atoms with van der Waals surface area (Å²) in [7, 11) is 0. The second-order valence-corrected chi connectivity index (χ2v) is 18.6. The number of aliphatic hydroxyl groups is 1. The number of allylic oxidation sites excluding steroid dienone is 2. The summed E-state index contributed by atoms with van der Waals surface area (Å²) >= 11 is 0. The van der Waals surface area contributed by atoms with Gasteiger partial charge in [0.25, 0.3) is 0 Å². The van der Waals surface area contributed by atoms with Crippen LogP contribution in [0.2, 0.25) is 0 Å². The molecule has 0 amide bonds. The smallest absolute Gasteiger partial charge is 0.162 e. The van der Waals surface area contributed by atoms with Crippen LogP contribution in [0.4, 0.5) is 0 Å². The first-order valence-corrected chi connectivity index (χ1v) is 21.3. The fourth-order valence-electron chi connectivity index (χ4n) is 10.6. The van der Waals surface area contributed by atoms with Gasteiger partial charge in [-0.3, -0.25) is 9.78 Å². The van der Waals surface area contributed by atoms with Gasteiger partial charge in [-0.1, -0.05) is 113 Å². The molecule has 1 radical (unpaired) electrons. The van der Waals surface area contributed by atoms with Crippen LogP contribution in [0.25, 0.3) is 32.9 Å². The zero-order valence-corrected chi connectivity index (χ0v) is 36.2. The molecule has 1 heterocycles. The molecule has 1 spiro atoms. The first kappa shape index (κ1) is 40.8. The molecule has 3 nitrogen and oxygen atoms in total. The quantitative estimate of drug-likeness (QED) is 0.123. The van der Waals surface area contributed by atoms with Crippen LogP contribution in [0.5, 0.6) is 0 Å². The SMILES string of the molecule is Cc1cc(C)c2c(C3CCC4(CCCC4)CC3)cc(-c3[c-]c4ccccc4c(C(C)(C)C)c3)nc2c1.O=C(/C=C(\O)C1CCCCC1)C1CCCCC1.[Ir]. The molecule has 54 heavy (non-hydrogen) atoms. The maximum Gasteiger partial charge on any atom is 0.162 e. The Morgan fingerprint density at radius 3 is 2.07 bits per heavy atom. The Morgan fingerprint density at radius 2 is 1.43 bits per heavy atom. The van der Waals surface area contributed by atoms with E-state index in [1.54, 1.807) is 6.08 Å². The van der Waals surface area contributed by atoms with Gasteiger partial charge in [0, 0.05) is 49.1 Å². The maximum absolute atomic E-state index is 12.0. The van der Waals surface area contributed by atoms with Crippen molar-refractivity contribution in [1.82, 2.24) is 4.98 Å². The van der Waals surface area contributed by atoms with Gasteiger partial charge >= 0.3 is 0 Å². The van der Waals surface area contributed by atoms with Gasteiger partial charge in [-0.15, -0.1) is 29.1 Å². The third-order valence-corrected chi connectivity index (χ3v) is 13.6. The average Bonchev–Trinajstić information content (AvgIpc) is 3.62. The predicted octanol–water partition coefficient (Wildman–Crippen LogP) is 14.1. The van der Waals surface area contributed by atoms with Gasteiger partial charge < -0.3 is 5.11 Å². The number of carbonyl (C=O) groups excluding carboxylic acids is 1. The summed E-state index contributed by atoms with van der Waals surface area (Å²) in [5.74, 6) is 1.61. The standard InChI is InChI=1S/C35H40N.C15H24O2.Ir/c1-23-18-24(2)33-29(25-12-16-35(17-13-25)14-8-9-15-35)22-31(36-32(33)19-23)27-20-26-10-6-7-11-28(26)30(21-27)34(3,4)5;16-14(12-7-3-1-4-8-12)11-15(17)13-9-5-2-6-10-13;/h6-7,10-11,18-19,21-22,25H,8-9,12-17H2,1-5H3;11-13,16H,1-10H2;/q-1;;/b;14-11-;. The van der Waals surface area contributed by atoms with Crippen LogP contribution < -0.4 is 0 Å². The van der Waals surface area contributed by atoms with Crippen molar-refractivity contribution in [2.24, 2.45) is 17.3 Å². The molecular weight excluding hydrogens is 839 g/mol. The number of nitrogens with zero attached hydrogens (tertiary/aromatic N) is 1. The molecule has 4 aromatic rings. The van der Waals surface area contributed by atoms with Crippen LogP contribution in [0.3, 0.4) is 0 Å². The Kier molecular flexibility index (Phi) is 13.3. The van der Waals surface area contributed by atoms with Crippen molar-refractivity contribution in [3.63, 3.8) is 0 Å². The minimum atomic E-state index is 0. The van der Waals surface area contributed by atoms with Crippen molar-refractivity contribution in [1.29, 1.82) is 0 Å². The summed E-state index contributed by atoms with van der Waals surface area (Å²) in [4.78, 5) is 17.3. The van der Waals surface area contributed by atoms with Crippen LogP contribution >= 0.6 is 0 Å². The molecule has 8 rings (SSSR count). The van der Waals surface area contributed by atoms with Crippen molar-refractivity contribution in [2.45, 2.75) is 162 Å². The maximum atomic E-state index is 12.0. The van der Waals surface area contributed by atoms with Crippen LogP contribution in [-0.4, -0.2) is 15.9 Å². The number of pyridine rings is 1. The van der Waals surface area contributed by atoms with E-state index in [4.69, 9.17) is 4.98 Å². The molecule has 4 aliphatic rings. The monoisotopic (exact) mass is 903 g/mol. The van der Waals surface area contributed by atoms with Crippen LogP contribution in [0.15, 0.2) is 60.4 Å². The Bertz CT molecular complexity index is 1940. The van der Waals surface area contributed by atoms with E-state index < -0.39 is 0 Å². The Hall–Kier alpha value is -2.81. The van der Waals surface area contributed by atoms with E-state index >= 15 is 0 Å². The summed E-state index contributed by atoms with van der Waals surface area (Å²) in [6, 6.07) is 21.9. The Labute approximate surface area is 339 Å². The van der Waals surface area contributed by atoms with Crippen LogP contribution in [-0.2, 0) is 30.3 Å². The fraction of sp³-hybridized carbons (Fsp3) is 0.560. The van der Waals surface area contributed by atoms with E-state index in [2.05, 4.69) is 89.2 Å². The van der Waals surface area contributed by atoms with E-state index in [0.717, 1.165) is 42.5 Å². The number of rotatable bonds is 5. The molecule has 0 saturated heterocycles. The van der Waals surface area contributed by atoms with Gasteiger partial charge in [-0.25, -0.2) is 0 Å². The topological polar surface area (TPSA) is 50.2 Å². The Balaban J connectivity index is 0.000000233. The fourth-order valence-corrected chi connectivity index (χ4v) is 10.6. The largest absolute Gasteiger partial charge is 0.512 e. The molecule has 4 aliphatic carbocycles. The first-order valence-electron chi connectivity index (χ1n) is 21.3. The van der Waals surface area contributed by atoms with Gasteiger partial charge in [0.15, 0.2) is 5.78 Å². The number of aryl methyl sites for hydroxylation is 2. The van der Waals surface area contributed by atoms with Crippen molar-refractivity contribution in [3.05, 3.63) is 88.7 Å². The summed E-state index contributed by atoms with van der Waals surface area (Å²) in [5, 5.41) is 13.9. The molecule has 0 bridgehead atoms. The molecule has 291 valence electrons. The number of aromatic nitrogens is 1. The second-order valence-electron chi connectivity index (χ2n) is 18.6. The summed E-state index contributed by atoms with van der Waals surface area (Å²) in [6.45, 7) is 11.4. The molecular formula is C50H64IrNO2-. The molecule has 0 unspecified atom stereocenters. The van der Waals surface area contributed by atoms with E-state index in [1.807, 2.05) is 0 Å². The van der Waals surface area contributed by atoms with E-state index in [0.29, 0.717) is 17.1 Å². The van der Waals surface area contributed by atoms with Gasteiger partial charge in [-0.2, -0.15) is 0 Å². The average molecular weight is 903 g/mol. The number of fused-ring (bicyclic) bond motifs is 2. The minimum absolute atomic E-state index is 0. The van der Waals surface area contributed by atoms with Crippen LogP contribution in [0.1, 0.15) is 165 Å². The second kappa shape index (κ2) is 17.5. The molecule has 1 aromatic heterocycles. The normalized spacial score (nSPS) is 20.1. The number of hydrogen-bond acceptors (Lipinski definition) is 3. The number of carbonyl (C=O) groups is 1. The summed E-state index contributed by atoms with van der Waals surface area (Å²) in [5.41, 5.74) is 9.64. The molecule has 0 aliphatic heterocycles. The zero-order valence-electron chi connectivity index (χ0n) is 33.8. The molecule has 3 aromatic carbocycles. The van der Waals surface area contributed by atoms with Crippen molar-refractivity contribution < 1.29 is 30.0 Å².